The second-order valence-corrected chi connectivity index (χ2v) is 6.13. The second kappa shape index (κ2) is 5.22. The number of halogens is 1. The van der Waals surface area contributed by atoms with Crippen LogP contribution in [0.5, 0.6) is 0 Å². The van der Waals surface area contributed by atoms with E-state index in [0.29, 0.717) is 5.56 Å². The van der Waals surface area contributed by atoms with Gasteiger partial charge in [-0.25, -0.2) is 17.5 Å². The molecular formula is C12H15FN4O2S. The van der Waals surface area contributed by atoms with Crippen LogP contribution in [-0.4, -0.2) is 18.2 Å². The molecule has 0 spiro atoms. The normalized spacial score (nSPS) is 13.3. The molecule has 1 aromatic carbocycles. The number of nitrogens with one attached hydrogen (secondary N) is 1. The predicted octanol–water partition coefficient (Wildman–Crippen LogP) is 1.18. The fraction of sp³-hybridized carbons (Fsp3) is 0.250. The maximum Gasteiger partial charge on any atom is 0.246 e. The Balaban J connectivity index is 2.24. The Morgan fingerprint density at radius 2 is 1.95 bits per heavy atom. The molecule has 1 aromatic heterocycles. The van der Waals surface area contributed by atoms with Crippen LogP contribution < -0.4 is 10.5 Å². The highest BCUT2D eigenvalue weighted by Gasteiger charge is 2.23. The van der Waals surface area contributed by atoms with E-state index in [0.717, 1.165) is 0 Å². The van der Waals surface area contributed by atoms with Crippen LogP contribution in [0.2, 0.25) is 0 Å². The van der Waals surface area contributed by atoms with Crippen molar-refractivity contribution >= 4 is 15.8 Å². The van der Waals surface area contributed by atoms with E-state index in [4.69, 9.17) is 5.73 Å². The van der Waals surface area contributed by atoms with Crippen LogP contribution >= 0.6 is 0 Å². The highest BCUT2D eigenvalue weighted by atomic mass is 32.2. The molecule has 108 valence electrons. The van der Waals surface area contributed by atoms with Gasteiger partial charge in [0.15, 0.2) is 5.82 Å². The summed E-state index contributed by atoms with van der Waals surface area (Å²) in [7, 11) is -2.20. The number of aromatic nitrogens is 2. The molecule has 2 rings (SSSR count). The quantitative estimate of drug-likeness (QED) is 0.887. The van der Waals surface area contributed by atoms with Crippen molar-refractivity contribution in [2.24, 2.45) is 7.05 Å². The summed E-state index contributed by atoms with van der Waals surface area (Å²) in [4.78, 5) is -0.0750. The van der Waals surface area contributed by atoms with Crippen LogP contribution in [0.1, 0.15) is 18.5 Å². The summed E-state index contributed by atoms with van der Waals surface area (Å²) in [6.07, 6.45) is 1.33. The first-order valence-electron chi connectivity index (χ1n) is 5.86. The number of nitrogen functional groups attached to an aromatic ring is 1. The summed E-state index contributed by atoms with van der Waals surface area (Å²) in [6.45, 7) is 1.66. The molecular weight excluding hydrogens is 283 g/mol. The van der Waals surface area contributed by atoms with Gasteiger partial charge in [-0.15, -0.1) is 0 Å². The van der Waals surface area contributed by atoms with Crippen molar-refractivity contribution in [3.63, 3.8) is 0 Å². The molecule has 0 radical (unpaired) electrons. The predicted molar refractivity (Wildman–Crippen MR) is 72.8 cm³/mol. The Hall–Kier alpha value is -1.93. The SMILES string of the molecule is CC(NS(=O)(=O)c1cn(C)nc1N)c1ccc(F)cc1. The molecule has 0 aliphatic rings. The van der Waals surface area contributed by atoms with Gasteiger partial charge in [0.05, 0.1) is 0 Å². The number of aryl methyl sites for hydroxylation is 1. The summed E-state index contributed by atoms with van der Waals surface area (Å²) in [5.41, 5.74) is 6.21. The number of anilines is 1. The van der Waals surface area contributed by atoms with E-state index in [-0.39, 0.29) is 16.5 Å². The summed E-state index contributed by atoms with van der Waals surface area (Å²) in [5.74, 6) is -0.438. The van der Waals surface area contributed by atoms with Crippen LogP contribution in [0.25, 0.3) is 0 Å². The number of sulfonamides is 1. The number of hydrogen-bond acceptors (Lipinski definition) is 4. The standard InChI is InChI=1S/C12H15FN4O2S/c1-8(9-3-5-10(13)6-4-9)16-20(18,19)11-7-17(2)15-12(11)14/h3-8,16H,1-2H3,(H2,14,15). The summed E-state index contributed by atoms with van der Waals surface area (Å²) >= 11 is 0. The van der Waals surface area contributed by atoms with Crippen LogP contribution in [0.4, 0.5) is 10.2 Å². The first kappa shape index (κ1) is 14.5. The fourth-order valence-corrected chi connectivity index (χ4v) is 3.14. The van der Waals surface area contributed by atoms with E-state index in [1.807, 2.05) is 0 Å². The van der Waals surface area contributed by atoms with Gasteiger partial charge in [0.2, 0.25) is 10.0 Å². The minimum atomic E-state index is -3.78. The molecule has 0 saturated heterocycles. The maximum atomic E-state index is 12.8. The first-order chi connectivity index (χ1) is 9.29. The van der Waals surface area contributed by atoms with Gasteiger partial charge in [-0.1, -0.05) is 12.1 Å². The van der Waals surface area contributed by atoms with Gasteiger partial charge in [-0.3, -0.25) is 4.68 Å². The Morgan fingerprint density at radius 3 is 2.45 bits per heavy atom. The van der Waals surface area contributed by atoms with Crippen molar-refractivity contribution in [3.05, 3.63) is 41.8 Å². The highest BCUT2D eigenvalue weighted by Crippen LogP contribution is 2.20. The zero-order valence-electron chi connectivity index (χ0n) is 11.0. The molecule has 0 amide bonds. The molecule has 3 N–H and O–H groups in total. The van der Waals surface area contributed by atoms with Crippen LogP contribution in [0.3, 0.4) is 0 Å². The molecule has 1 unspecified atom stereocenters. The van der Waals surface area contributed by atoms with Crippen molar-refractivity contribution in [3.8, 4) is 0 Å². The summed E-state index contributed by atoms with van der Waals surface area (Å²) in [6, 6.07) is 5.08. The zero-order chi connectivity index (χ0) is 14.9. The molecule has 1 heterocycles. The molecule has 20 heavy (non-hydrogen) atoms. The van der Waals surface area contributed by atoms with E-state index < -0.39 is 16.1 Å². The summed E-state index contributed by atoms with van der Waals surface area (Å²) < 4.78 is 41.0. The molecule has 0 bridgehead atoms. The lowest BCUT2D eigenvalue weighted by molar-refractivity contribution is 0.566. The Morgan fingerprint density at radius 1 is 1.35 bits per heavy atom. The number of rotatable bonds is 4. The topological polar surface area (TPSA) is 90.0 Å². The van der Waals surface area contributed by atoms with Gasteiger partial charge < -0.3 is 5.73 Å². The van der Waals surface area contributed by atoms with Crippen molar-refractivity contribution in [2.45, 2.75) is 17.9 Å². The average molecular weight is 298 g/mol. The average Bonchev–Trinajstić information content (AvgIpc) is 2.69. The van der Waals surface area contributed by atoms with Crippen LogP contribution in [0.15, 0.2) is 35.4 Å². The van der Waals surface area contributed by atoms with Crippen molar-refractivity contribution in [1.29, 1.82) is 0 Å². The fourth-order valence-electron chi connectivity index (χ4n) is 1.81. The van der Waals surface area contributed by atoms with E-state index in [9.17, 15) is 12.8 Å². The molecule has 1 atom stereocenters. The highest BCUT2D eigenvalue weighted by molar-refractivity contribution is 7.89. The molecule has 0 fully saturated rings. The van der Waals surface area contributed by atoms with Gasteiger partial charge in [-0.05, 0) is 24.6 Å². The number of nitrogens with zero attached hydrogens (tertiary/aromatic N) is 2. The molecule has 0 saturated carbocycles. The van der Waals surface area contributed by atoms with Crippen molar-refractivity contribution < 1.29 is 12.8 Å². The summed E-state index contributed by atoms with van der Waals surface area (Å²) in [5, 5.41) is 3.79. The smallest absolute Gasteiger partial charge is 0.246 e. The molecule has 0 aliphatic carbocycles. The zero-order valence-corrected chi connectivity index (χ0v) is 11.9. The lowest BCUT2D eigenvalue weighted by Gasteiger charge is -2.14. The number of nitrogens with two attached hydrogens (primary N) is 1. The van der Waals surface area contributed by atoms with Gasteiger partial charge in [-0.2, -0.15) is 5.10 Å². The lowest BCUT2D eigenvalue weighted by Crippen LogP contribution is -2.27. The van der Waals surface area contributed by atoms with E-state index >= 15 is 0 Å². The van der Waals surface area contributed by atoms with Gasteiger partial charge in [0.1, 0.15) is 10.7 Å². The largest absolute Gasteiger partial charge is 0.381 e. The van der Waals surface area contributed by atoms with Crippen LogP contribution in [-0.2, 0) is 17.1 Å². The molecule has 2 aromatic rings. The molecule has 0 aliphatic heterocycles. The van der Waals surface area contributed by atoms with Crippen LogP contribution in [0, 0.1) is 5.82 Å². The molecule has 8 heteroatoms. The van der Waals surface area contributed by atoms with E-state index in [1.54, 1.807) is 14.0 Å². The van der Waals surface area contributed by atoms with Gasteiger partial charge in [0, 0.05) is 19.3 Å². The monoisotopic (exact) mass is 298 g/mol. The Bertz CT molecular complexity index is 710. The minimum Gasteiger partial charge on any atom is -0.381 e. The molecule has 6 nitrogen and oxygen atoms in total. The first-order valence-corrected chi connectivity index (χ1v) is 7.35. The van der Waals surface area contributed by atoms with E-state index in [2.05, 4.69) is 9.82 Å². The Kier molecular flexibility index (Phi) is 3.78. The number of benzene rings is 1. The van der Waals surface area contributed by atoms with E-state index in [1.165, 1.54) is 35.1 Å². The second-order valence-electron chi connectivity index (χ2n) is 4.45. The lowest BCUT2D eigenvalue weighted by atomic mass is 10.1. The third-order valence-electron chi connectivity index (χ3n) is 2.81. The minimum absolute atomic E-state index is 0.0636. The van der Waals surface area contributed by atoms with Crippen molar-refractivity contribution in [1.82, 2.24) is 14.5 Å². The number of hydrogen-bond donors (Lipinski definition) is 2. The third kappa shape index (κ3) is 2.97. The maximum absolute atomic E-state index is 12.8. The van der Waals surface area contributed by atoms with Gasteiger partial charge in [0.25, 0.3) is 0 Å². The van der Waals surface area contributed by atoms with Crippen molar-refractivity contribution in [2.75, 3.05) is 5.73 Å². The van der Waals surface area contributed by atoms with Gasteiger partial charge >= 0.3 is 0 Å². The Labute approximate surface area is 116 Å². The third-order valence-corrected chi connectivity index (χ3v) is 4.37.